The van der Waals surface area contributed by atoms with E-state index in [1.54, 1.807) is 23.0 Å². The van der Waals surface area contributed by atoms with Gasteiger partial charge in [-0.25, -0.2) is 8.42 Å². The maximum atomic E-state index is 12.1. The van der Waals surface area contributed by atoms with Crippen LogP contribution in [-0.4, -0.2) is 36.9 Å². The molecular weight excluding hydrogens is 290 g/mol. The number of aromatic nitrogens is 2. The van der Waals surface area contributed by atoms with Crippen molar-refractivity contribution in [1.82, 2.24) is 15.1 Å². The zero-order chi connectivity index (χ0) is 15.3. The first-order chi connectivity index (χ1) is 9.98. The van der Waals surface area contributed by atoms with E-state index in [1.165, 1.54) is 12.1 Å². The van der Waals surface area contributed by atoms with Crippen LogP contribution in [0.2, 0.25) is 0 Å². The van der Waals surface area contributed by atoms with Crippen LogP contribution in [0.1, 0.15) is 16.8 Å². The van der Waals surface area contributed by atoms with E-state index in [-0.39, 0.29) is 16.4 Å². The quantitative estimate of drug-likeness (QED) is 0.811. The van der Waals surface area contributed by atoms with E-state index in [0.717, 1.165) is 6.26 Å². The number of carbonyl (C=O) groups is 1. The number of hydrogen-bond donors (Lipinski definition) is 1. The summed E-state index contributed by atoms with van der Waals surface area (Å²) in [7, 11) is -3.42. The normalized spacial score (nSPS) is 11.3. The lowest BCUT2D eigenvalue weighted by molar-refractivity contribution is 0.0949. The monoisotopic (exact) mass is 307 g/mol. The van der Waals surface area contributed by atoms with Gasteiger partial charge in [0.05, 0.1) is 10.5 Å². The Kier molecular flexibility index (Phi) is 4.74. The first-order valence-corrected chi connectivity index (χ1v) is 8.42. The van der Waals surface area contributed by atoms with Crippen LogP contribution >= 0.6 is 0 Å². The third-order valence-electron chi connectivity index (χ3n) is 2.94. The molecule has 7 heteroatoms. The van der Waals surface area contributed by atoms with E-state index < -0.39 is 9.84 Å². The third kappa shape index (κ3) is 4.16. The topological polar surface area (TPSA) is 81.1 Å². The molecule has 0 aliphatic carbocycles. The molecule has 0 bridgehead atoms. The molecule has 112 valence electrons. The van der Waals surface area contributed by atoms with Gasteiger partial charge in [0.25, 0.3) is 5.91 Å². The molecule has 0 atom stereocenters. The lowest BCUT2D eigenvalue weighted by Crippen LogP contribution is -2.26. The summed E-state index contributed by atoms with van der Waals surface area (Å²) >= 11 is 0. The van der Waals surface area contributed by atoms with Crippen molar-refractivity contribution >= 4 is 15.7 Å². The van der Waals surface area contributed by atoms with Gasteiger partial charge in [0, 0.05) is 31.7 Å². The third-order valence-corrected chi connectivity index (χ3v) is 4.09. The fraction of sp³-hybridized carbons (Fsp3) is 0.286. The van der Waals surface area contributed by atoms with Crippen molar-refractivity contribution in [2.45, 2.75) is 17.9 Å². The molecule has 1 aromatic heterocycles. The van der Waals surface area contributed by atoms with Crippen molar-refractivity contribution in [1.29, 1.82) is 0 Å². The zero-order valence-electron chi connectivity index (χ0n) is 11.7. The molecule has 0 unspecified atom stereocenters. The Morgan fingerprint density at radius 2 is 2.05 bits per heavy atom. The summed E-state index contributed by atoms with van der Waals surface area (Å²) in [5.74, 6) is -0.378. The molecule has 1 N–H and O–H groups in total. The smallest absolute Gasteiger partial charge is 0.252 e. The fourth-order valence-electron chi connectivity index (χ4n) is 1.95. The molecule has 0 fully saturated rings. The summed E-state index contributed by atoms with van der Waals surface area (Å²) in [6.45, 7) is 1.15. The lowest BCUT2D eigenvalue weighted by atomic mass is 10.2. The van der Waals surface area contributed by atoms with Gasteiger partial charge in [-0.05, 0) is 24.6 Å². The predicted molar refractivity (Wildman–Crippen MR) is 78.7 cm³/mol. The number of sulfone groups is 1. The van der Waals surface area contributed by atoms with E-state index in [0.29, 0.717) is 19.5 Å². The molecule has 21 heavy (non-hydrogen) atoms. The molecule has 0 radical (unpaired) electrons. The van der Waals surface area contributed by atoms with E-state index in [4.69, 9.17) is 0 Å². The van der Waals surface area contributed by atoms with Crippen molar-refractivity contribution in [3.63, 3.8) is 0 Å². The molecule has 1 heterocycles. The molecule has 0 aliphatic heterocycles. The highest BCUT2D eigenvalue weighted by atomic mass is 32.2. The van der Waals surface area contributed by atoms with Crippen LogP contribution in [0, 0.1) is 0 Å². The Morgan fingerprint density at radius 3 is 2.71 bits per heavy atom. The number of nitrogens with one attached hydrogen (secondary N) is 1. The summed E-state index contributed by atoms with van der Waals surface area (Å²) in [6, 6.07) is 8.03. The van der Waals surface area contributed by atoms with E-state index in [9.17, 15) is 13.2 Å². The van der Waals surface area contributed by atoms with Gasteiger partial charge in [-0.3, -0.25) is 9.48 Å². The van der Waals surface area contributed by atoms with Gasteiger partial charge < -0.3 is 5.32 Å². The standard InChI is InChI=1S/C14H17N3O3S/c1-21(19,20)13-7-3-2-6-12(13)14(18)15-8-4-10-17-11-5-9-16-17/h2-3,5-7,9,11H,4,8,10H2,1H3,(H,15,18). The molecule has 2 rings (SSSR count). The Hall–Kier alpha value is -2.15. The van der Waals surface area contributed by atoms with Crippen LogP contribution in [0.3, 0.4) is 0 Å². The Morgan fingerprint density at radius 1 is 1.29 bits per heavy atom. The van der Waals surface area contributed by atoms with Crippen LogP contribution in [0.5, 0.6) is 0 Å². The van der Waals surface area contributed by atoms with Crippen molar-refractivity contribution in [2.75, 3.05) is 12.8 Å². The summed E-state index contributed by atoms with van der Waals surface area (Å²) in [5.41, 5.74) is 0.180. The number of amides is 1. The van der Waals surface area contributed by atoms with Gasteiger partial charge in [0.15, 0.2) is 9.84 Å². The van der Waals surface area contributed by atoms with Crippen LogP contribution < -0.4 is 5.32 Å². The second-order valence-electron chi connectivity index (χ2n) is 4.65. The molecule has 6 nitrogen and oxygen atoms in total. The average molecular weight is 307 g/mol. The highest BCUT2D eigenvalue weighted by Gasteiger charge is 2.17. The van der Waals surface area contributed by atoms with Crippen molar-refractivity contribution < 1.29 is 13.2 Å². The molecule has 1 aromatic carbocycles. The van der Waals surface area contributed by atoms with E-state index in [2.05, 4.69) is 10.4 Å². The maximum absolute atomic E-state index is 12.1. The zero-order valence-corrected chi connectivity index (χ0v) is 12.5. The molecule has 0 aliphatic rings. The first kappa shape index (κ1) is 15.2. The SMILES string of the molecule is CS(=O)(=O)c1ccccc1C(=O)NCCCn1cccn1. The van der Waals surface area contributed by atoms with Crippen molar-refractivity contribution in [2.24, 2.45) is 0 Å². The van der Waals surface area contributed by atoms with Gasteiger partial charge in [-0.15, -0.1) is 0 Å². The van der Waals surface area contributed by atoms with E-state index in [1.807, 2.05) is 12.3 Å². The number of rotatable bonds is 6. The summed E-state index contributed by atoms with van der Waals surface area (Å²) in [6.07, 6.45) is 5.35. The Balaban J connectivity index is 1.95. The van der Waals surface area contributed by atoms with Gasteiger partial charge >= 0.3 is 0 Å². The minimum atomic E-state index is -3.42. The van der Waals surface area contributed by atoms with Gasteiger partial charge in [-0.2, -0.15) is 5.10 Å². The molecule has 0 saturated heterocycles. The first-order valence-electron chi connectivity index (χ1n) is 6.53. The summed E-state index contributed by atoms with van der Waals surface area (Å²) < 4.78 is 25.1. The number of aryl methyl sites for hydroxylation is 1. The van der Waals surface area contributed by atoms with Gasteiger partial charge in [0.2, 0.25) is 0 Å². The number of nitrogens with zero attached hydrogens (tertiary/aromatic N) is 2. The molecule has 1 amide bonds. The van der Waals surface area contributed by atoms with Crippen LogP contribution in [0.4, 0.5) is 0 Å². The number of carbonyl (C=O) groups excluding carboxylic acids is 1. The Bertz CT molecular complexity index is 709. The second kappa shape index (κ2) is 6.53. The molecule has 2 aromatic rings. The van der Waals surface area contributed by atoms with Crippen molar-refractivity contribution in [3.8, 4) is 0 Å². The number of benzene rings is 1. The predicted octanol–water partition coefficient (Wildman–Crippen LogP) is 1.11. The Labute approximate surface area is 123 Å². The van der Waals surface area contributed by atoms with Crippen LogP contribution in [0.25, 0.3) is 0 Å². The highest BCUT2D eigenvalue weighted by molar-refractivity contribution is 7.90. The highest BCUT2D eigenvalue weighted by Crippen LogP contribution is 2.14. The van der Waals surface area contributed by atoms with Gasteiger partial charge in [-0.1, -0.05) is 12.1 Å². The maximum Gasteiger partial charge on any atom is 0.252 e. The summed E-state index contributed by atoms with van der Waals surface area (Å²) in [4.78, 5) is 12.1. The minimum Gasteiger partial charge on any atom is -0.352 e. The molecular formula is C14H17N3O3S. The summed E-state index contributed by atoms with van der Waals surface area (Å²) in [5, 5.41) is 6.79. The van der Waals surface area contributed by atoms with Crippen LogP contribution in [0.15, 0.2) is 47.6 Å². The fourth-order valence-corrected chi connectivity index (χ4v) is 2.83. The largest absolute Gasteiger partial charge is 0.352 e. The molecule has 0 saturated carbocycles. The van der Waals surface area contributed by atoms with Crippen molar-refractivity contribution in [3.05, 3.63) is 48.3 Å². The molecule has 0 spiro atoms. The second-order valence-corrected chi connectivity index (χ2v) is 6.63. The van der Waals surface area contributed by atoms with Crippen LogP contribution in [-0.2, 0) is 16.4 Å². The number of hydrogen-bond acceptors (Lipinski definition) is 4. The minimum absolute atomic E-state index is 0.0505. The van der Waals surface area contributed by atoms with E-state index >= 15 is 0 Å². The average Bonchev–Trinajstić information content (AvgIpc) is 2.95. The van der Waals surface area contributed by atoms with Gasteiger partial charge in [0.1, 0.15) is 0 Å². The lowest BCUT2D eigenvalue weighted by Gasteiger charge is -2.09.